The molecule has 0 unspecified atom stereocenters. The summed E-state index contributed by atoms with van der Waals surface area (Å²) < 4.78 is 39.0. The molecule has 5 heteroatoms. The maximum Gasteiger partial charge on any atom is 0.388 e. The third kappa shape index (κ3) is 2.45. The zero-order valence-corrected chi connectivity index (χ0v) is 5.30. The van der Waals surface area contributed by atoms with E-state index in [1.165, 1.54) is 0 Å². The molecular weight excluding hydrogens is 159 g/mol. The third-order valence-corrected chi connectivity index (χ3v) is 0.907. The number of hydrogen-bond acceptors (Lipinski definition) is 2. The molecule has 0 amide bonds. The van der Waals surface area contributed by atoms with Crippen LogP contribution in [0.4, 0.5) is 13.2 Å². The number of nitrogens with zero attached hydrogens (tertiary/aromatic N) is 1. The van der Waals surface area contributed by atoms with E-state index in [1.807, 2.05) is 0 Å². The van der Waals surface area contributed by atoms with Crippen molar-refractivity contribution in [3.05, 3.63) is 24.1 Å². The van der Waals surface area contributed by atoms with Gasteiger partial charge < -0.3 is 4.74 Å². The van der Waals surface area contributed by atoms with E-state index in [9.17, 15) is 13.2 Å². The topological polar surface area (TPSA) is 22.1 Å². The van der Waals surface area contributed by atoms with Crippen molar-refractivity contribution in [1.82, 2.24) is 4.98 Å². The SMILES string of the molecule is Fc1ccnc(OC(F)F)c1. The van der Waals surface area contributed by atoms with Crippen molar-refractivity contribution in [2.45, 2.75) is 6.61 Å². The average Bonchev–Trinajstić information content (AvgIpc) is 1.85. The minimum Gasteiger partial charge on any atom is -0.417 e. The molecule has 0 bridgehead atoms. The van der Waals surface area contributed by atoms with Gasteiger partial charge in [-0.3, -0.25) is 0 Å². The fourth-order valence-electron chi connectivity index (χ4n) is 0.541. The second-order valence-corrected chi connectivity index (χ2v) is 1.69. The highest BCUT2D eigenvalue weighted by Crippen LogP contribution is 2.10. The van der Waals surface area contributed by atoms with Gasteiger partial charge in [0.25, 0.3) is 0 Å². The highest BCUT2D eigenvalue weighted by Gasteiger charge is 2.04. The van der Waals surface area contributed by atoms with Crippen LogP contribution in [-0.4, -0.2) is 11.6 Å². The Bertz CT molecular complexity index is 241. The van der Waals surface area contributed by atoms with Crippen LogP contribution in [0.15, 0.2) is 18.3 Å². The lowest BCUT2D eigenvalue weighted by Gasteiger charge is -2.00. The van der Waals surface area contributed by atoms with Crippen molar-refractivity contribution in [3.8, 4) is 5.88 Å². The molecule has 1 rings (SSSR count). The van der Waals surface area contributed by atoms with Crippen molar-refractivity contribution in [2.24, 2.45) is 0 Å². The van der Waals surface area contributed by atoms with Crippen molar-refractivity contribution >= 4 is 0 Å². The molecule has 0 aliphatic heterocycles. The van der Waals surface area contributed by atoms with Crippen LogP contribution in [-0.2, 0) is 0 Å². The fourth-order valence-corrected chi connectivity index (χ4v) is 0.541. The molecule has 1 aromatic rings. The van der Waals surface area contributed by atoms with Gasteiger partial charge in [0, 0.05) is 12.3 Å². The molecule has 0 spiro atoms. The minimum atomic E-state index is -2.97. The first-order chi connectivity index (χ1) is 5.18. The maximum atomic E-state index is 12.3. The quantitative estimate of drug-likeness (QED) is 0.663. The Kier molecular flexibility index (Phi) is 2.30. The Balaban J connectivity index is 2.71. The van der Waals surface area contributed by atoms with Gasteiger partial charge in [-0.25, -0.2) is 9.37 Å². The van der Waals surface area contributed by atoms with E-state index in [2.05, 4.69) is 9.72 Å². The first kappa shape index (κ1) is 7.84. The lowest BCUT2D eigenvalue weighted by molar-refractivity contribution is -0.0530. The highest BCUT2D eigenvalue weighted by molar-refractivity contribution is 5.11. The number of aromatic nitrogens is 1. The van der Waals surface area contributed by atoms with E-state index >= 15 is 0 Å². The van der Waals surface area contributed by atoms with Crippen molar-refractivity contribution < 1.29 is 17.9 Å². The number of ether oxygens (including phenoxy) is 1. The summed E-state index contributed by atoms with van der Waals surface area (Å²) in [6.07, 6.45) is 1.05. The Labute approximate surface area is 60.6 Å². The van der Waals surface area contributed by atoms with E-state index < -0.39 is 18.3 Å². The normalized spacial score (nSPS) is 10.2. The maximum absolute atomic E-state index is 12.3. The van der Waals surface area contributed by atoms with Crippen molar-refractivity contribution in [1.29, 1.82) is 0 Å². The number of pyridine rings is 1. The minimum absolute atomic E-state index is 0.417. The summed E-state index contributed by atoms with van der Waals surface area (Å²) in [7, 11) is 0. The summed E-state index contributed by atoms with van der Waals surface area (Å²) in [6.45, 7) is -2.97. The molecule has 0 aromatic carbocycles. The molecular formula is C6H4F3NO. The van der Waals surface area contributed by atoms with E-state index in [4.69, 9.17) is 0 Å². The van der Waals surface area contributed by atoms with E-state index in [0.29, 0.717) is 0 Å². The molecule has 1 heterocycles. The smallest absolute Gasteiger partial charge is 0.388 e. The molecule has 0 saturated carbocycles. The van der Waals surface area contributed by atoms with Crippen LogP contribution in [0.3, 0.4) is 0 Å². The van der Waals surface area contributed by atoms with Gasteiger partial charge >= 0.3 is 6.61 Å². The van der Waals surface area contributed by atoms with E-state index in [1.54, 1.807) is 0 Å². The molecule has 60 valence electrons. The number of hydrogen-bond donors (Lipinski definition) is 0. The summed E-state index contributed by atoms with van der Waals surface area (Å²) in [5, 5.41) is 0. The van der Waals surface area contributed by atoms with Crippen molar-refractivity contribution in [3.63, 3.8) is 0 Å². The van der Waals surface area contributed by atoms with Gasteiger partial charge in [-0.05, 0) is 6.07 Å². The Morgan fingerprint density at radius 3 is 2.73 bits per heavy atom. The molecule has 0 aliphatic rings. The van der Waals surface area contributed by atoms with Gasteiger partial charge in [0.05, 0.1) is 0 Å². The monoisotopic (exact) mass is 163 g/mol. The number of alkyl halides is 2. The van der Waals surface area contributed by atoms with Gasteiger partial charge in [-0.15, -0.1) is 0 Å². The molecule has 0 fully saturated rings. The van der Waals surface area contributed by atoms with Crippen LogP contribution in [0, 0.1) is 5.82 Å². The summed E-state index contributed by atoms with van der Waals surface area (Å²) in [5.41, 5.74) is 0. The molecule has 1 aromatic heterocycles. The molecule has 0 radical (unpaired) electrons. The van der Waals surface area contributed by atoms with Crippen LogP contribution >= 0.6 is 0 Å². The highest BCUT2D eigenvalue weighted by atomic mass is 19.3. The lowest BCUT2D eigenvalue weighted by Crippen LogP contribution is -2.03. The Hall–Kier alpha value is -1.26. The summed E-state index contributed by atoms with van der Waals surface area (Å²) in [6, 6.07) is 1.82. The van der Waals surface area contributed by atoms with Gasteiger partial charge in [-0.1, -0.05) is 0 Å². The molecule has 2 nitrogen and oxygen atoms in total. The predicted molar refractivity (Wildman–Crippen MR) is 30.8 cm³/mol. The molecule has 0 N–H and O–H groups in total. The lowest BCUT2D eigenvalue weighted by atomic mass is 10.5. The van der Waals surface area contributed by atoms with Crippen LogP contribution < -0.4 is 4.74 Å². The van der Waals surface area contributed by atoms with E-state index in [-0.39, 0.29) is 0 Å². The molecule has 0 aliphatic carbocycles. The summed E-state index contributed by atoms with van der Waals surface area (Å²) in [4.78, 5) is 3.34. The number of rotatable bonds is 2. The van der Waals surface area contributed by atoms with Gasteiger partial charge in [0.1, 0.15) is 5.82 Å². The second kappa shape index (κ2) is 3.23. The first-order valence-corrected chi connectivity index (χ1v) is 2.75. The molecule has 11 heavy (non-hydrogen) atoms. The summed E-state index contributed by atoms with van der Waals surface area (Å²) >= 11 is 0. The van der Waals surface area contributed by atoms with Crippen LogP contribution in [0.25, 0.3) is 0 Å². The van der Waals surface area contributed by atoms with Crippen LogP contribution in [0.2, 0.25) is 0 Å². The fraction of sp³-hybridized carbons (Fsp3) is 0.167. The standard InChI is InChI=1S/C6H4F3NO/c7-4-1-2-10-5(3-4)11-6(8)9/h1-3,6H. The predicted octanol–water partition coefficient (Wildman–Crippen LogP) is 1.82. The zero-order chi connectivity index (χ0) is 8.27. The zero-order valence-electron chi connectivity index (χ0n) is 5.30. The van der Waals surface area contributed by atoms with E-state index in [0.717, 1.165) is 18.3 Å². The third-order valence-electron chi connectivity index (χ3n) is 0.907. The number of halogens is 3. The average molecular weight is 163 g/mol. The van der Waals surface area contributed by atoms with Gasteiger partial charge in [0.15, 0.2) is 0 Å². The summed E-state index contributed by atoms with van der Waals surface area (Å²) in [5.74, 6) is -1.07. The van der Waals surface area contributed by atoms with Crippen LogP contribution in [0.5, 0.6) is 5.88 Å². The first-order valence-electron chi connectivity index (χ1n) is 2.75. The van der Waals surface area contributed by atoms with Gasteiger partial charge in [0.2, 0.25) is 5.88 Å². The van der Waals surface area contributed by atoms with Crippen LogP contribution in [0.1, 0.15) is 0 Å². The Morgan fingerprint density at radius 2 is 2.18 bits per heavy atom. The second-order valence-electron chi connectivity index (χ2n) is 1.69. The Morgan fingerprint density at radius 1 is 1.45 bits per heavy atom. The van der Waals surface area contributed by atoms with Crippen molar-refractivity contribution in [2.75, 3.05) is 0 Å². The molecule has 0 saturated heterocycles. The molecule has 0 atom stereocenters. The largest absolute Gasteiger partial charge is 0.417 e. The van der Waals surface area contributed by atoms with Gasteiger partial charge in [-0.2, -0.15) is 8.78 Å².